The van der Waals surface area contributed by atoms with Crippen LogP contribution in [0.1, 0.15) is 18.4 Å². The van der Waals surface area contributed by atoms with Gasteiger partial charge in [-0.3, -0.25) is 4.79 Å². The van der Waals surface area contributed by atoms with E-state index in [1.165, 1.54) is 0 Å². The Morgan fingerprint density at radius 2 is 2.05 bits per heavy atom. The van der Waals surface area contributed by atoms with Gasteiger partial charge in [0.1, 0.15) is 0 Å². The van der Waals surface area contributed by atoms with Crippen LogP contribution < -0.4 is 10.7 Å². The number of hydrogen-bond acceptors (Lipinski definition) is 3. The summed E-state index contributed by atoms with van der Waals surface area (Å²) < 4.78 is 0. The van der Waals surface area contributed by atoms with Gasteiger partial charge in [0.25, 0.3) is 5.91 Å². The van der Waals surface area contributed by atoms with E-state index in [1.54, 1.807) is 0 Å². The predicted molar refractivity (Wildman–Crippen MR) is 79.2 cm³/mol. The summed E-state index contributed by atoms with van der Waals surface area (Å²) in [5.74, 6) is 0.247. The van der Waals surface area contributed by atoms with Crippen LogP contribution in [0.3, 0.4) is 0 Å². The van der Waals surface area contributed by atoms with Crippen molar-refractivity contribution in [2.45, 2.75) is 12.8 Å². The van der Waals surface area contributed by atoms with Crippen LogP contribution in [0.2, 0.25) is 0 Å². The molecule has 0 aromatic heterocycles. The molecular weight excluding hydrogens is 274 g/mol. The Morgan fingerprint density at radius 1 is 1.25 bits per heavy atom. The van der Waals surface area contributed by atoms with Crippen LogP contribution in [0.15, 0.2) is 46.7 Å². The van der Waals surface area contributed by atoms with Gasteiger partial charge in [-0.2, -0.15) is 5.10 Å². The molecule has 0 bridgehead atoms. The third-order valence-corrected chi connectivity index (χ3v) is 4.03. The Kier molecular flexibility index (Phi) is 2.47. The second-order valence-corrected chi connectivity index (χ2v) is 5.57. The molecule has 4 nitrogen and oxygen atoms in total. The topological polar surface area (TPSA) is 53.5 Å². The third kappa shape index (κ3) is 1.76. The first kappa shape index (κ1) is 11.7. The molecule has 1 saturated carbocycles. The van der Waals surface area contributed by atoms with E-state index in [0.29, 0.717) is 16.5 Å². The molecule has 1 aromatic rings. The summed E-state index contributed by atoms with van der Waals surface area (Å²) in [6.45, 7) is 0. The lowest BCUT2D eigenvalue weighted by molar-refractivity contribution is -0.116. The molecule has 5 heteroatoms. The van der Waals surface area contributed by atoms with Crippen LogP contribution in [0.25, 0.3) is 5.03 Å². The van der Waals surface area contributed by atoms with Crippen molar-refractivity contribution in [1.29, 1.82) is 0 Å². The molecule has 1 aliphatic carbocycles. The van der Waals surface area contributed by atoms with Crippen molar-refractivity contribution >= 4 is 33.9 Å². The van der Waals surface area contributed by atoms with Gasteiger partial charge in [0.2, 0.25) is 0 Å². The zero-order valence-corrected chi connectivity index (χ0v) is 11.4. The van der Waals surface area contributed by atoms with Crippen LogP contribution in [0.4, 0.5) is 5.69 Å². The van der Waals surface area contributed by atoms with Crippen LogP contribution in [-0.2, 0) is 4.79 Å². The van der Waals surface area contributed by atoms with Crippen LogP contribution in [0, 0.1) is 5.92 Å². The van der Waals surface area contributed by atoms with Gasteiger partial charge in [-0.15, -0.1) is 0 Å². The molecule has 4 rings (SSSR count). The molecule has 0 radical (unpaired) electrons. The number of para-hydroxylation sites is 1. The average molecular weight is 286 g/mol. The summed E-state index contributed by atoms with van der Waals surface area (Å²) in [5.41, 5.74) is 6.63. The summed E-state index contributed by atoms with van der Waals surface area (Å²) in [5, 5.41) is 8.09. The highest BCUT2D eigenvalue weighted by Gasteiger charge is 2.38. The Hall–Kier alpha value is -2.07. The molecule has 1 aromatic carbocycles. The van der Waals surface area contributed by atoms with Gasteiger partial charge in [-0.05, 0) is 25.0 Å². The summed E-state index contributed by atoms with van der Waals surface area (Å²) in [7, 11) is 0. The molecule has 20 heavy (non-hydrogen) atoms. The number of amides is 1. The van der Waals surface area contributed by atoms with Gasteiger partial charge >= 0.3 is 0 Å². The second-order valence-electron chi connectivity index (χ2n) is 5.16. The largest absolute Gasteiger partial charge is 0.354 e. The van der Waals surface area contributed by atoms with Crippen molar-refractivity contribution in [3.8, 4) is 0 Å². The van der Waals surface area contributed by atoms with Crippen molar-refractivity contribution in [2.24, 2.45) is 11.0 Å². The fourth-order valence-electron chi connectivity index (χ4n) is 2.57. The van der Waals surface area contributed by atoms with Crippen LogP contribution >= 0.6 is 11.6 Å². The van der Waals surface area contributed by atoms with E-state index < -0.39 is 0 Å². The lowest BCUT2D eigenvalue weighted by Gasteiger charge is -2.19. The van der Waals surface area contributed by atoms with Crippen LogP contribution in [-0.4, -0.2) is 11.6 Å². The molecule has 2 aliphatic heterocycles. The van der Waals surface area contributed by atoms with Crippen molar-refractivity contribution in [3.05, 3.63) is 47.2 Å². The number of nitrogens with zero attached hydrogens (tertiary/aromatic N) is 1. The van der Waals surface area contributed by atoms with E-state index >= 15 is 0 Å². The van der Waals surface area contributed by atoms with E-state index in [1.807, 2.05) is 30.3 Å². The van der Waals surface area contributed by atoms with E-state index in [-0.39, 0.29) is 5.91 Å². The highest BCUT2D eigenvalue weighted by Crippen LogP contribution is 2.38. The standard InChI is InChI=1S/C15H12ClN3O/c16-10-7-12(17-11-4-2-1-3-9(10)11)13-14(8-5-6-8)18-19-15(13)20/h1-4,7-8,17H,5-6H2,(H,19,20)/b13-12-. The quantitative estimate of drug-likeness (QED) is 0.780. The van der Waals surface area contributed by atoms with Crippen molar-refractivity contribution in [1.82, 2.24) is 5.43 Å². The minimum absolute atomic E-state index is 0.158. The zero-order chi connectivity index (χ0) is 13.7. The molecule has 1 amide bonds. The monoisotopic (exact) mass is 285 g/mol. The summed E-state index contributed by atoms with van der Waals surface area (Å²) in [4.78, 5) is 12.0. The lowest BCUT2D eigenvalue weighted by Crippen LogP contribution is -2.19. The number of allylic oxidation sites excluding steroid dienone is 1. The van der Waals surface area contributed by atoms with Crippen molar-refractivity contribution in [2.75, 3.05) is 5.32 Å². The molecule has 0 saturated heterocycles. The highest BCUT2D eigenvalue weighted by molar-refractivity contribution is 6.50. The van der Waals surface area contributed by atoms with Gasteiger partial charge in [0.15, 0.2) is 0 Å². The molecular formula is C15H12ClN3O. The molecule has 2 N–H and O–H groups in total. The smallest absolute Gasteiger partial charge is 0.275 e. The number of fused-ring (bicyclic) bond motifs is 1. The predicted octanol–water partition coefficient (Wildman–Crippen LogP) is 2.84. The lowest BCUT2D eigenvalue weighted by atomic mass is 10.0. The van der Waals surface area contributed by atoms with E-state index in [2.05, 4.69) is 15.8 Å². The molecule has 1 fully saturated rings. The first-order valence-electron chi connectivity index (χ1n) is 6.60. The Labute approximate surface area is 121 Å². The SMILES string of the molecule is O=C1NN=C(C2CC2)/C1=C1\C=C(Cl)c2ccccc2N1. The number of hydrogen-bond donors (Lipinski definition) is 2. The highest BCUT2D eigenvalue weighted by atomic mass is 35.5. The minimum Gasteiger partial charge on any atom is -0.354 e. The van der Waals surface area contributed by atoms with Gasteiger partial charge in [-0.1, -0.05) is 29.8 Å². The number of nitrogens with one attached hydrogen (secondary N) is 2. The Bertz CT molecular complexity index is 714. The van der Waals surface area contributed by atoms with Gasteiger partial charge in [0.05, 0.1) is 22.0 Å². The number of halogens is 1. The maximum atomic E-state index is 12.0. The number of benzene rings is 1. The van der Waals surface area contributed by atoms with E-state index in [4.69, 9.17) is 11.6 Å². The maximum Gasteiger partial charge on any atom is 0.275 e. The first-order valence-corrected chi connectivity index (χ1v) is 6.98. The summed E-state index contributed by atoms with van der Waals surface area (Å²) in [6.07, 6.45) is 4.00. The summed E-state index contributed by atoms with van der Waals surface area (Å²) >= 11 is 6.33. The number of hydrazone groups is 1. The first-order chi connectivity index (χ1) is 9.74. The number of rotatable bonds is 1. The van der Waals surface area contributed by atoms with Gasteiger partial charge in [-0.25, -0.2) is 5.43 Å². The average Bonchev–Trinajstić information content (AvgIpc) is 3.22. The Balaban J connectivity index is 1.84. The molecule has 2 heterocycles. The molecule has 0 spiro atoms. The van der Waals surface area contributed by atoms with Crippen molar-refractivity contribution in [3.63, 3.8) is 0 Å². The normalized spacial score (nSPS) is 24.6. The zero-order valence-electron chi connectivity index (χ0n) is 10.6. The van der Waals surface area contributed by atoms with E-state index in [0.717, 1.165) is 35.5 Å². The van der Waals surface area contributed by atoms with Crippen molar-refractivity contribution < 1.29 is 4.79 Å². The third-order valence-electron chi connectivity index (χ3n) is 3.72. The van der Waals surface area contributed by atoms with E-state index in [9.17, 15) is 4.79 Å². The fraction of sp³-hybridized carbons (Fsp3) is 0.200. The minimum atomic E-state index is -0.158. The maximum absolute atomic E-state index is 12.0. The van der Waals surface area contributed by atoms with Crippen LogP contribution in [0.5, 0.6) is 0 Å². The molecule has 0 atom stereocenters. The Morgan fingerprint density at radius 3 is 2.85 bits per heavy atom. The second kappa shape index (κ2) is 4.21. The van der Waals surface area contributed by atoms with Gasteiger partial charge in [0, 0.05) is 17.2 Å². The number of carbonyl (C=O) groups is 1. The molecule has 100 valence electrons. The summed E-state index contributed by atoms with van der Waals surface area (Å²) in [6, 6.07) is 7.78. The fourth-order valence-corrected chi connectivity index (χ4v) is 2.85. The van der Waals surface area contributed by atoms with Gasteiger partial charge < -0.3 is 5.32 Å². The molecule has 0 unspecified atom stereocenters. The number of carbonyl (C=O) groups excluding carboxylic acids is 1. The molecule has 3 aliphatic rings. The number of anilines is 1.